The molecule has 0 saturated carbocycles. The molecule has 172 valence electrons. The lowest BCUT2D eigenvalue weighted by Crippen LogP contribution is -2.41. The first-order chi connectivity index (χ1) is 15.8. The van der Waals surface area contributed by atoms with E-state index in [9.17, 15) is 9.59 Å². The van der Waals surface area contributed by atoms with E-state index < -0.39 is 0 Å². The van der Waals surface area contributed by atoms with Crippen molar-refractivity contribution in [3.05, 3.63) is 77.1 Å². The molecule has 2 heterocycles. The van der Waals surface area contributed by atoms with Crippen LogP contribution in [0.25, 0.3) is 5.69 Å². The zero-order chi connectivity index (χ0) is 23.5. The topological polar surface area (TPSA) is 67.2 Å². The van der Waals surface area contributed by atoms with Crippen LogP contribution < -0.4 is 5.32 Å². The first-order valence-electron chi connectivity index (χ1n) is 11.6. The normalized spacial score (nSPS) is 15.3. The van der Waals surface area contributed by atoms with Crippen LogP contribution in [0.1, 0.15) is 46.9 Å². The number of amides is 2. The van der Waals surface area contributed by atoms with Gasteiger partial charge in [-0.05, 0) is 74.9 Å². The quantitative estimate of drug-likeness (QED) is 0.607. The first kappa shape index (κ1) is 22.8. The standard InChI is InChI=1S/C27H32N4O2/c1-18-14-19(2)16-23(15-18)28-26(32)20(3)22-10-12-30(13-11-22)27(33)25-17-31(29-21(25)4)24-8-6-5-7-9-24/h5-9,14-17,20,22H,10-13H2,1-4H3,(H,28,32)/t20-/m0/s1. The van der Waals surface area contributed by atoms with Crippen LogP contribution in [-0.4, -0.2) is 39.6 Å². The number of para-hydroxylation sites is 1. The lowest BCUT2D eigenvalue weighted by Gasteiger charge is -2.34. The second kappa shape index (κ2) is 9.61. The number of carbonyl (C=O) groups excluding carboxylic acids is 2. The minimum Gasteiger partial charge on any atom is -0.339 e. The molecule has 1 atom stereocenters. The molecule has 0 radical (unpaired) electrons. The molecule has 1 fully saturated rings. The van der Waals surface area contributed by atoms with Gasteiger partial charge in [-0.25, -0.2) is 4.68 Å². The third kappa shape index (κ3) is 5.16. The van der Waals surface area contributed by atoms with Gasteiger partial charge in [-0.15, -0.1) is 0 Å². The fourth-order valence-corrected chi connectivity index (χ4v) is 4.67. The number of benzene rings is 2. The highest BCUT2D eigenvalue weighted by atomic mass is 16.2. The largest absolute Gasteiger partial charge is 0.339 e. The summed E-state index contributed by atoms with van der Waals surface area (Å²) in [4.78, 5) is 27.9. The molecular formula is C27H32N4O2. The fourth-order valence-electron chi connectivity index (χ4n) is 4.67. The van der Waals surface area contributed by atoms with Crippen molar-refractivity contribution in [3.63, 3.8) is 0 Å². The van der Waals surface area contributed by atoms with Crippen molar-refractivity contribution in [2.24, 2.45) is 11.8 Å². The van der Waals surface area contributed by atoms with Crippen molar-refractivity contribution in [3.8, 4) is 5.69 Å². The van der Waals surface area contributed by atoms with Crippen LogP contribution >= 0.6 is 0 Å². The Hall–Kier alpha value is -3.41. The summed E-state index contributed by atoms with van der Waals surface area (Å²) in [6.07, 6.45) is 3.46. The number of aryl methyl sites for hydroxylation is 3. The number of nitrogens with one attached hydrogen (secondary N) is 1. The van der Waals surface area contributed by atoms with Crippen LogP contribution in [0.5, 0.6) is 0 Å². The summed E-state index contributed by atoms with van der Waals surface area (Å²) in [6.45, 7) is 9.24. The van der Waals surface area contributed by atoms with Gasteiger partial charge in [-0.2, -0.15) is 5.10 Å². The van der Waals surface area contributed by atoms with E-state index in [0.29, 0.717) is 18.7 Å². The molecule has 1 saturated heterocycles. The number of anilines is 1. The molecule has 6 heteroatoms. The number of nitrogens with zero attached hydrogens (tertiary/aromatic N) is 3. The van der Waals surface area contributed by atoms with Crippen molar-refractivity contribution in [1.82, 2.24) is 14.7 Å². The Morgan fingerprint density at radius 3 is 2.27 bits per heavy atom. The highest BCUT2D eigenvalue weighted by Gasteiger charge is 2.31. The van der Waals surface area contributed by atoms with E-state index in [4.69, 9.17) is 0 Å². The van der Waals surface area contributed by atoms with Gasteiger partial charge in [-0.3, -0.25) is 9.59 Å². The minimum absolute atomic E-state index is 0.0143. The van der Waals surface area contributed by atoms with Crippen molar-refractivity contribution >= 4 is 17.5 Å². The van der Waals surface area contributed by atoms with E-state index in [-0.39, 0.29) is 23.7 Å². The number of aromatic nitrogens is 2. The van der Waals surface area contributed by atoms with Crippen LogP contribution in [0.2, 0.25) is 0 Å². The van der Waals surface area contributed by atoms with Gasteiger partial charge in [0, 0.05) is 30.9 Å². The molecule has 0 unspecified atom stereocenters. The molecule has 6 nitrogen and oxygen atoms in total. The first-order valence-corrected chi connectivity index (χ1v) is 11.6. The fraction of sp³-hybridized carbons (Fsp3) is 0.370. The number of carbonyl (C=O) groups is 2. The predicted molar refractivity (Wildman–Crippen MR) is 131 cm³/mol. The number of likely N-dealkylation sites (tertiary alicyclic amines) is 1. The molecule has 3 aromatic rings. The average molecular weight is 445 g/mol. The second-order valence-corrected chi connectivity index (χ2v) is 9.19. The Balaban J connectivity index is 1.36. The summed E-state index contributed by atoms with van der Waals surface area (Å²) >= 11 is 0. The maximum atomic E-state index is 13.2. The zero-order valence-corrected chi connectivity index (χ0v) is 19.8. The van der Waals surface area contributed by atoms with E-state index in [0.717, 1.165) is 41.0 Å². The molecule has 33 heavy (non-hydrogen) atoms. The molecule has 2 aromatic carbocycles. The Bertz CT molecular complexity index is 1120. The molecule has 1 aliphatic rings. The van der Waals surface area contributed by atoms with Crippen LogP contribution in [0.15, 0.2) is 54.7 Å². The van der Waals surface area contributed by atoms with Crippen LogP contribution in [0.3, 0.4) is 0 Å². The number of hydrogen-bond donors (Lipinski definition) is 1. The molecular weight excluding hydrogens is 412 g/mol. The zero-order valence-electron chi connectivity index (χ0n) is 19.8. The van der Waals surface area contributed by atoms with E-state index in [1.54, 1.807) is 4.68 Å². The maximum absolute atomic E-state index is 13.2. The molecule has 0 aliphatic carbocycles. The van der Waals surface area contributed by atoms with Crippen molar-refractivity contribution in [2.45, 2.75) is 40.5 Å². The predicted octanol–water partition coefficient (Wildman–Crippen LogP) is 4.92. The highest BCUT2D eigenvalue weighted by molar-refractivity contribution is 5.95. The van der Waals surface area contributed by atoms with Gasteiger partial charge >= 0.3 is 0 Å². The molecule has 0 bridgehead atoms. The summed E-state index contributed by atoms with van der Waals surface area (Å²) < 4.78 is 1.76. The molecule has 0 spiro atoms. The van der Waals surface area contributed by atoms with E-state index in [2.05, 4.69) is 16.5 Å². The number of piperidine rings is 1. The molecule has 4 rings (SSSR count). The second-order valence-electron chi connectivity index (χ2n) is 9.19. The van der Waals surface area contributed by atoms with Gasteiger partial charge < -0.3 is 10.2 Å². The minimum atomic E-state index is -0.106. The number of hydrogen-bond acceptors (Lipinski definition) is 3. The van der Waals surface area contributed by atoms with Gasteiger partial charge in [0.25, 0.3) is 5.91 Å². The van der Waals surface area contributed by atoms with E-state index in [1.165, 1.54) is 0 Å². The van der Waals surface area contributed by atoms with E-state index >= 15 is 0 Å². The summed E-state index contributed by atoms with van der Waals surface area (Å²) in [5, 5.41) is 7.61. The highest BCUT2D eigenvalue weighted by Crippen LogP contribution is 2.28. The van der Waals surface area contributed by atoms with Crippen LogP contribution in [0, 0.1) is 32.6 Å². The van der Waals surface area contributed by atoms with Gasteiger partial charge in [-0.1, -0.05) is 31.2 Å². The lowest BCUT2D eigenvalue weighted by atomic mass is 9.84. The lowest BCUT2D eigenvalue weighted by molar-refractivity contribution is -0.121. The van der Waals surface area contributed by atoms with E-state index in [1.807, 2.05) is 81.3 Å². The SMILES string of the molecule is Cc1cc(C)cc(NC(=O)[C@@H](C)C2CCN(C(=O)c3cn(-c4ccccc4)nc3C)CC2)c1. The smallest absolute Gasteiger partial charge is 0.257 e. The summed E-state index contributed by atoms with van der Waals surface area (Å²) in [7, 11) is 0. The number of rotatable bonds is 5. The summed E-state index contributed by atoms with van der Waals surface area (Å²) in [5.74, 6) is 0.212. The Morgan fingerprint density at radius 2 is 1.64 bits per heavy atom. The van der Waals surface area contributed by atoms with Gasteiger partial charge in [0.15, 0.2) is 0 Å². The van der Waals surface area contributed by atoms with Crippen molar-refractivity contribution in [1.29, 1.82) is 0 Å². The van der Waals surface area contributed by atoms with Gasteiger partial charge in [0.1, 0.15) is 0 Å². The monoisotopic (exact) mass is 444 g/mol. The molecule has 1 aromatic heterocycles. The Labute approximate surface area is 195 Å². The third-order valence-electron chi connectivity index (χ3n) is 6.59. The summed E-state index contributed by atoms with van der Waals surface area (Å²) in [6, 6.07) is 15.9. The third-order valence-corrected chi connectivity index (χ3v) is 6.59. The van der Waals surface area contributed by atoms with Crippen molar-refractivity contribution in [2.75, 3.05) is 18.4 Å². The molecule has 1 aliphatic heterocycles. The van der Waals surface area contributed by atoms with Crippen LogP contribution in [-0.2, 0) is 4.79 Å². The molecule has 2 amide bonds. The average Bonchev–Trinajstić information content (AvgIpc) is 3.19. The summed E-state index contributed by atoms with van der Waals surface area (Å²) in [5.41, 5.74) is 5.42. The Morgan fingerprint density at radius 1 is 1.00 bits per heavy atom. The maximum Gasteiger partial charge on any atom is 0.257 e. The van der Waals surface area contributed by atoms with Gasteiger partial charge in [0.05, 0.1) is 16.9 Å². The Kier molecular flexibility index (Phi) is 6.63. The van der Waals surface area contributed by atoms with Gasteiger partial charge in [0.2, 0.25) is 5.91 Å². The van der Waals surface area contributed by atoms with Crippen LogP contribution in [0.4, 0.5) is 5.69 Å². The van der Waals surface area contributed by atoms with Crippen molar-refractivity contribution < 1.29 is 9.59 Å². The molecule has 1 N–H and O–H groups in total.